The van der Waals surface area contributed by atoms with Crippen molar-refractivity contribution in [1.29, 1.82) is 0 Å². The van der Waals surface area contributed by atoms with Gasteiger partial charge in [0, 0.05) is 23.3 Å². The first-order valence-corrected chi connectivity index (χ1v) is 12.3. The molecule has 0 aliphatic rings. The summed E-state index contributed by atoms with van der Waals surface area (Å²) in [6, 6.07) is 21.9. The van der Waals surface area contributed by atoms with Gasteiger partial charge in [-0.15, -0.1) is 0 Å². The summed E-state index contributed by atoms with van der Waals surface area (Å²) in [6.45, 7) is 2.20. The molecule has 0 bridgehead atoms. The van der Waals surface area contributed by atoms with Crippen molar-refractivity contribution in [2.75, 3.05) is 20.1 Å². The highest BCUT2D eigenvalue weighted by Crippen LogP contribution is 2.17. The minimum absolute atomic E-state index is 0.0811. The number of aromatic nitrogens is 2. The van der Waals surface area contributed by atoms with Crippen LogP contribution in [0.15, 0.2) is 77.6 Å². The number of carbonyl (C=O) groups excluding carboxylic acids is 1. The topological polar surface area (TPSA) is 117 Å². The van der Waals surface area contributed by atoms with Crippen LogP contribution in [0.25, 0.3) is 10.8 Å². The van der Waals surface area contributed by atoms with Gasteiger partial charge in [-0.1, -0.05) is 60.1 Å². The molecule has 38 heavy (non-hydrogen) atoms. The first kappa shape index (κ1) is 28.5. The molecule has 0 amide bonds. The smallest absolute Gasteiger partial charge is 0.351 e. The monoisotopic (exact) mass is 539 g/mol. The molecule has 1 heterocycles. The van der Waals surface area contributed by atoms with Crippen LogP contribution in [-0.4, -0.2) is 47.0 Å². The number of carbonyl (C=O) groups is 2. The minimum atomic E-state index is -2.07. The van der Waals surface area contributed by atoms with E-state index in [1.54, 1.807) is 16.8 Å². The number of halogens is 2. The van der Waals surface area contributed by atoms with E-state index < -0.39 is 11.9 Å². The molecule has 10 heteroatoms. The van der Waals surface area contributed by atoms with E-state index in [9.17, 15) is 9.18 Å². The molecule has 1 aromatic heterocycles. The van der Waals surface area contributed by atoms with Gasteiger partial charge in [0.15, 0.2) is 5.97 Å². The lowest BCUT2D eigenvalue weighted by molar-refractivity contribution is -0.880. The van der Waals surface area contributed by atoms with Crippen molar-refractivity contribution >= 4 is 34.3 Å². The summed E-state index contributed by atoms with van der Waals surface area (Å²) in [5.74, 6) is -4.27. The Balaban J connectivity index is 0.000000599. The van der Waals surface area contributed by atoms with Gasteiger partial charge in [0.2, 0.25) is 0 Å². The molecule has 0 saturated carbocycles. The number of aliphatic carboxylic acids is 2. The number of benzene rings is 3. The molecule has 0 fully saturated rings. The van der Waals surface area contributed by atoms with Crippen LogP contribution in [-0.2, 0) is 29.0 Å². The Morgan fingerprint density at radius 2 is 1.61 bits per heavy atom. The predicted molar refractivity (Wildman–Crippen MR) is 140 cm³/mol. The highest BCUT2D eigenvalue weighted by Gasteiger charge is 2.13. The van der Waals surface area contributed by atoms with Crippen LogP contribution in [0, 0.1) is 5.82 Å². The Labute approximate surface area is 223 Å². The highest BCUT2D eigenvalue weighted by atomic mass is 35.5. The van der Waals surface area contributed by atoms with Gasteiger partial charge in [-0.3, -0.25) is 4.79 Å². The quantitative estimate of drug-likeness (QED) is 0.327. The fourth-order valence-corrected chi connectivity index (χ4v) is 4.08. The number of hydrogen-bond donors (Lipinski definition) is 2. The van der Waals surface area contributed by atoms with Gasteiger partial charge in [0.25, 0.3) is 5.56 Å². The standard InChI is InChI=1S/C26H25ClFN3O.C2H2O4/c1-30(15-14-20-6-2-5-9-24(20)27)16-17-31-26(32)23-8-4-3-7-22(23)25(29-31)18-19-10-12-21(28)13-11-19;3-1(4)2(5)6/h2-13H,14-18H2,1H3;(H,3,4)(H,5,6). The van der Waals surface area contributed by atoms with E-state index in [1.807, 2.05) is 48.5 Å². The molecular weight excluding hydrogens is 513 g/mol. The average Bonchev–Trinajstić information content (AvgIpc) is 2.90. The van der Waals surface area contributed by atoms with E-state index in [4.69, 9.17) is 36.5 Å². The van der Waals surface area contributed by atoms with Crippen LogP contribution in [0.4, 0.5) is 4.39 Å². The normalized spacial score (nSPS) is 11.4. The van der Waals surface area contributed by atoms with Crippen molar-refractivity contribution in [2.45, 2.75) is 19.4 Å². The number of quaternary nitrogens is 1. The second-order valence-corrected chi connectivity index (χ2v) is 9.12. The van der Waals surface area contributed by atoms with Gasteiger partial charge >= 0.3 is 5.97 Å². The van der Waals surface area contributed by atoms with Crippen LogP contribution in [0.2, 0.25) is 5.02 Å². The van der Waals surface area contributed by atoms with Gasteiger partial charge in [-0.2, -0.15) is 5.10 Å². The van der Waals surface area contributed by atoms with E-state index >= 15 is 0 Å². The maximum absolute atomic E-state index is 13.3. The average molecular weight is 540 g/mol. The SMILES string of the molecule is C[NH+](CCc1ccccc1Cl)CCn1nc(Cc2ccc(F)cc2)c2ccccc2c1=O.O=C([O-])C(=O)O. The van der Waals surface area contributed by atoms with Crippen LogP contribution in [0.1, 0.15) is 16.8 Å². The van der Waals surface area contributed by atoms with Gasteiger partial charge < -0.3 is 19.9 Å². The van der Waals surface area contributed by atoms with Crippen molar-refractivity contribution in [1.82, 2.24) is 9.78 Å². The second-order valence-electron chi connectivity index (χ2n) is 8.71. The maximum Gasteiger partial charge on any atom is 0.351 e. The highest BCUT2D eigenvalue weighted by molar-refractivity contribution is 6.31. The lowest BCUT2D eigenvalue weighted by Crippen LogP contribution is -3.09. The molecular formula is C28H27ClFN3O5. The van der Waals surface area contributed by atoms with Gasteiger partial charge in [-0.25, -0.2) is 13.9 Å². The summed E-state index contributed by atoms with van der Waals surface area (Å²) < 4.78 is 14.9. The number of hydrogen-bond acceptors (Lipinski definition) is 5. The molecule has 0 aliphatic heterocycles. The third-order valence-electron chi connectivity index (χ3n) is 5.93. The van der Waals surface area contributed by atoms with E-state index in [0.717, 1.165) is 46.7 Å². The maximum atomic E-state index is 13.3. The molecule has 1 unspecified atom stereocenters. The van der Waals surface area contributed by atoms with E-state index in [0.29, 0.717) is 18.4 Å². The van der Waals surface area contributed by atoms with E-state index in [-0.39, 0.29) is 11.4 Å². The summed E-state index contributed by atoms with van der Waals surface area (Å²) >= 11 is 6.26. The summed E-state index contributed by atoms with van der Waals surface area (Å²) in [5, 5.41) is 23.3. The Kier molecular flexibility index (Phi) is 10.1. The largest absolute Gasteiger partial charge is 0.539 e. The van der Waals surface area contributed by atoms with Crippen molar-refractivity contribution in [3.8, 4) is 0 Å². The molecule has 4 aromatic rings. The van der Waals surface area contributed by atoms with Crippen molar-refractivity contribution in [3.05, 3.63) is 111 Å². The molecule has 0 radical (unpaired) electrons. The van der Waals surface area contributed by atoms with Crippen LogP contribution in [0.5, 0.6) is 0 Å². The molecule has 0 aliphatic carbocycles. The molecule has 8 nitrogen and oxygen atoms in total. The molecule has 0 saturated heterocycles. The fourth-order valence-electron chi connectivity index (χ4n) is 3.85. The van der Waals surface area contributed by atoms with Crippen LogP contribution < -0.4 is 15.6 Å². The summed E-state index contributed by atoms with van der Waals surface area (Å²) in [6.07, 6.45) is 1.41. The number of carboxylic acids is 2. The zero-order valence-electron chi connectivity index (χ0n) is 20.7. The van der Waals surface area contributed by atoms with Crippen molar-refractivity contribution in [3.63, 3.8) is 0 Å². The molecule has 4 rings (SSSR count). The zero-order valence-corrected chi connectivity index (χ0v) is 21.5. The molecule has 0 spiro atoms. The molecule has 1 atom stereocenters. The van der Waals surface area contributed by atoms with Gasteiger partial charge in [0.05, 0.1) is 37.8 Å². The minimum Gasteiger partial charge on any atom is -0.539 e. The number of rotatable bonds is 8. The number of nitrogens with zero attached hydrogens (tertiary/aromatic N) is 2. The van der Waals surface area contributed by atoms with Crippen LogP contribution in [0.3, 0.4) is 0 Å². The molecule has 3 aromatic carbocycles. The zero-order chi connectivity index (χ0) is 27.7. The number of nitrogens with one attached hydrogen (secondary N) is 1. The van der Waals surface area contributed by atoms with Crippen LogP contribution >= 0.6 is 11.6 Å². The predicted octanol–water partition coefficient (Wildman–Crippen LogP) is 1.36. The Morgan fingerprint density at radius 3 is 2.24 bits per heavy atom. The van der Waals surface area contributed by atoms with E-state index in [2.05, 4.69) is 7.05 Å². The number of fused-ring (bicyclic) bond motifs is 1. The Hall–Kier alpha value is -4.08. The molecule has 2 N–H and O–H groups in total. The second kappa shape index (κ2) is 13.5. The Bertz CT molecular complexity index is 1460. The first-order valence-electron chi connectivity index (χ1n) is 11.9. The van der Waals surface area contributed by atoms with Crippen molar-refractivity contribution in [2.24, 2.45) is 0 Å². The van der Waals surface area contributed by atoms with Gasteiger partial charge in [0.1, 0.15) is 5.82 Å². The van der Waals surface area contributed by atoms with E-state index in [1.165, 1.54) is 17.0 Å². The first-order chi connectivity index (χ1) is 18.2. The lowest BCUT2D eigenvalue weighted by Gasteiger charge is -2.16. The van der Waals surface area contributed by atoms with Crippen molar-refractivity contribution < 1.29 is 29.1 Å². The molecule has 198 valence electrons. The third kappa shape index (κ3) is 7.96. The fraction of sp³-hybridized carbons (Fsp3) is 0.214. The third-order valence-corrected chi connectivity index (χ3v) is 6.30. The van der Waals surface area contributed by atoms with Gasteiger partial charge in [-0.05, 0) is 35.4 Å². The summed E-state index contributed by atoms with van der Waals surface area (Å²) in [5.41, 5.74) is 2.83. The lowest BCUT2D eigenvalue weighted by atomic mass is 10.0. The summed E-state index contributed by atoms with van der Waals surface area (Å²) in [7, 11) is 2.11. The summed E-state index contributed by atoms with van der Waals surface area (Å²) in [4.78, 5) is 32.4. The number of carboxylic acid groups (broad SMARTS) is 2. The Morgan fingerprint density at radius 1 is 1.00 bits per heavy atom. The number of likely N-dealkylation sites (N-methyl/N-ethyl adjacent to an activating group) is 1.